The van der Waals surface area contributed by atoms with Crippen LogP contribution in [0.2, 0.25) is 0 Å². The third-order valence-electron chi connectivity index (χ3n) is 7.66. The first-order chi connectivity index (χ1) is 21.8. The van der Waals surface area contributed by atoms with Gasteiger partial charge < -0.3 is 0 Å². The first kappa shape index (κ1) is 29.5. The topological polar surface area (TPSA) is 0 Å². The fraction of sp³-hybridized carbons (Fsp3) is 0.0233. The summed E-state index contributed by atoms with van der Waals surface area (Å²) in [7, 11) is 0. The number of benzene rings is 6. The Morgan fingerprint density at radius 2 is 0.932 bits per heavy atom. The summed E-state index contributed by atoms with van der Waals surface area (Å²) in [4.78, 5) is 0. The Balaban J connectivity index is 0.000000118. The van der Waals surface area contributed by atoms with E-state index >= 15 is 0 Å². The summed E-state index contributed by atoms with van der Waals surface area (Å²) in [5.41, 5.74) is 6.39. The van der Waals surface area contributed by atoms with E-state index in [-0.39, 0.29) is 0 Å². The van der Waals surface area contributed by atoms with Crippen LogP contribution in [0.1, 0.15) is 28.2 Å². The van der Waals surface area contributed by atoms with Crippen molar-refractivity contribution in [2.45, 2.75) is 5.92 Å². The fourth-order valence-electron chi connectivity index (χ4n) is 5.39. The molecule has 0 N–H and O–H groups in total. The van der Waals surface area contributed by atoms with Crippen LogP contribution in [0.25, 0.3) is 27.1 Å². The first-order valence-electron chi connectivity index (χ1n) is 14.9. The van der Waals surface area contributed by atoms with Crippen LogP contribution in [-0.2, 0) is 24.2 Å². The molecule has 8 rings (SSSR count). The summed E-state index contributed by atoms with van der Waals surface area (Å²) < 4.78 is 1.42. The van der Waals surface area contributed by atoms with E-state index in [9.17, 15) is 0 Å². The predicted molar refractivity (Wildman–Crippen MR) is 185 cm³/mol. The summed E-state index contributed by atoms with van der Waals surface area (Å²) >= 11 is 1.46. The number of allylic oxidation sites excluding steroid dienone is 4. The van der Waals surface area contributed by atoms with Gasteiger partial charge in [0.1, 0.15) is 0 Å². The summed E-state index contributed by atoms with van der Waals surface area (Å²) in [6.07, 6.45) is 7.89. The van der Waals surface area contributed by atoms with Crippen LogP contribution in [0.4, 0.5) is 0 Å². The van der Waals surface area contributed by atoms with Crippen molar-refractivity contribution < 1.29 is 24.2 Å². The molecule has 0 radical (unpaired) electrons. The smallest absolute Gasteiger partial charge is 0.0771 e. The molecule has 208 valence electrons. The van der Waals surface area contributed by atoms with E-state index in [1.165, 1.54) is 76.8 Å². The molecule has 0 aromatic heterocycles. The third-order valence-corrected chi connectivity index (χ3v) is 9.08. The molecule has 7 aromatic carbocycles. The largest absolute Gasteiger partial charge is 0.126 e. The molecule has 0 nitrogen and oxygen atoms in total. The second-order valence-electron chi connectivity index (χ2n) is 10.6. The Bertz CT molecular complexity index is 1910. The Kier molecular flexibility index (Phi) is 9.88. The molecule has 0 saturated carbocycles. The minimum Gasteiger partial charge on any atom is -0.126 e. The number of fused-ring (bicyclic) bond motifs is 3. The van der Waals surface area contributed by atoms with Crippen molar-refractivity contribution in [1.82, 2.24) is 0 Å². The van der Waals surface area contributed by atoms with Gasteiger partial charge in [0.2, 0.25) is 0 Å². The molecule has 44 heavy (non-hydrogen) atoms. The third kappa shape index (κ3) is 7.31. The molecule has 1 unspecified atom stereocenters. The first-order valence-corrected chi connectivity index (χ1v) is 16.1. The molecule has 7 aromatic rings. The van der Waals surface area contributed by atoms with Gasteiger partial charge in [-0.1, -0.05) is 90.5 Å². The van der Waals surface area contributed by atoms with Gasteiger partial charge in [0, 0.05) is 0 Å². The average Bonchev–Trinajstić information content (AvgIpc) is 3.76. The number of hydrogen-bond donors (Lipinski definition) is 0. The summed E-state index contributed by atoms with van der Waals surface area (Å²) in [6, 6.07) is 61.3. The monoisotopic (exact) mass is 638 g/mol. The zero-order chi connectivity index (χ0) is 30.0. The number of hydrogen-bond acceptors (Lipinski definition) is 0. The van der Waals surface area contributed by atoms with Gasteiger partial charge in [-0.15, -0.1) is 63.5 Å². The summed E-state index contributed by atoms with van der Waals surface area (Å²) in [5.74, 6) is 0.298. The Morgan fingerprint density at radius 3 is 1.45 bits per heavy atom. The summed E-state index contributed by atoms with van der Waals surface area (Å²) in [6.45, 7) is 0. The van der Waals surface area contributed by atoms with Gasteiger partial charge in [0.25, 0.3) is 0 Å². The van der Waals surface area contributed by atoms with Crippen LogP contribution in [0, 0.1) is 6.08 Å². The molecule has 0 amide bonds. The average molecular weight is 640 g/mol. The molecule has 1 aliphatic carbocycles. The van der Waals surface area contributed by atoms with Crippen LogP contribution in [0.5, 0.6) is 0 Å². The standard InChI is InChI=1S/C17H13.C13H9.C13H10.Zr/c1-3-7-14(8-4-1)16-11-12-17(13-16)15-9-5-2-6-10-15;1-3-7-12-10(5-1)9-11-6-2-4-8-13(11)12;1-3-7-12(8-4-1)11-13-9-5-2-6-10-13;/h1-12,16H;1-9H;1-10H;/q2*-1;;+2. The van der Waals surface area contributed by atoms with Crippen molar-refractivity contribution in [3.8, 4) is 0 Å². The molecular weight excluding hydrogens is 608 g/mol. The normalized spacial score (nSPS) is 13.4. The van der Waals surface area contributed by atoms with Crippen LogP contribution < -0.4 is 0 Å². The van der Waals surface area contributed by atoms with Gasteiger partial charge in [-0.05, 0) is 5.92 Å². The van der Waals surface area contributed by atoms with E-state index in [4.69, 9.17) is 0 Å². The van der Waals surface area contributed by atoms with Crippen LogP contribution >= 0.6 is 0 Å². The van der Waals surface area contributed by atoms with E-state index in [2.05, 4.69) is 182 Å². The van der Waals surface area contributed by atoms with Gasteiger partial charge in [-0.2, -0.15) is 17.7 Å². The second-order valence-corrected chi connectivity index (χ2v) is 11.8. The van der Waals surface area contributed by atoms with Crippen molar-refractivity contribution >= 4 is 30.3 Å². The second kappa shape index (κ2) is 14.7. The van der Waals surface area contributed by atoms with Crippen molar-refractivity contribution in [2.24, 2.45) is 0 Å². The van der Waals surface area contributed by atoms with Crippen molar-refractivity contribution in [1.29, 1.82) is 0 Å². The van der Waals surface area contributed by atoms with Crippen LogP contribution in [0.3, 0.4) is 0 Å². The Morgan fingerprint density at radius 1 is 0.500 bits per heavy atom. The Labute approximate surface area is 275 Å². The fourth-order valence-corrected chi connectivity index (χ4v) is 6.21. The zero-order valence-corrected chi connectivity index (χ0v) is 26.9. The van der Waals surface area contributed by atoms with Gasteiger partial charge in [0.05, 0.1) is 0 Å². The van der Waals surface area contributed by atoms with Gasteiger partial charge in [-0.25, -0.2) is 0 Å². The van der Waals surface area contributed by atoms with E-state index in [0.29, 0.717) is 5.92 Å². The van der Waals surface area contributed by atoms with E-state index in [1.807, 2.05) is 12.1 Å². The Hall–Kier alpha value is -4.58. The van der Waals surface area contributed by atoms with Gasteiger partial charge in [-0.3, -0.25) is 0 Å². The molecule has 0 aliphatic heterocycles. The molecule has 0 bridgehead atoms. The molecule has 0 heterocycles. The molecule has 1 heteroatoms. The van der Waals surface area contributed by atoms with E-state index in [1.54, 1.807) is 0 Å². The molecule has 0 saturated heterocycles. The van der Waals surface area contributed by atoms with Crippen LogP contribution in [0.15, 0.2) is 188 Å². The minimum atomic E-state index is 0.298. The maximum absolute atomic E-state index is 3.53. The van der Waals surface area contributed by atoms with Crippen molar-refractivity contribution in [2.75, 3.05) is 0 Å². The van der Waals surface area contributed by atoms with Crippen LogP contribution in [-0.4, -0.2) is 3.21 Å². The maximum Gasteiger partial charge on any atom is -0.0771 e. The van der Waals surface area contributed by atoms with Gasteiger partial charge in [0.15, 0.2) is 0 Å². The van der Waals surface area contributed by atoms with Crippen molar-refractivity contribution in [3.63, 3.8) is 0 Å². The molecule has 1 atom stereocenters. The summed E-state index contributed by atoms with van der Waals surface area (Å²) in [5, 5.41) is 5.39. The minimum absolute atomic E-state index is 0.298. The van der Waals surface area contributed by atoms with E-state index < -0.39 is 0 Å². The zero-order valence-electron chi connectivity index (χ0n) is 24.5. The maximum atomic E-state index is 3.53. The molecule has 0 fully saturated rings. The molecule has 0 spiro atoms. The number of rotatable bonds is 4. The van der Waals surface area contributed by atoms with Gasteiger partial charge >= 0.3 is 99.2 Å². The van der Waals surface area contributed by atoms with E-state index in [0.717, 1.165) is 0 Å². The SMILES string of the molecule is [C-]1=C(c2ccccc2)C=CC1c1ccccc1.[Zr+2]=[C](c1ccccc1)c1ccccc1.c1ccc2c(c1)[cH-]c1ccccc12. The molecular formula is C43H32Zr. The van der Waals surface area contributed by atoms with Crippen molar-refractivity contribution in [3.05, 3.63) is 216 Å². The quantitative estimate of drug-likeness (QED) is 0.168. The predicted octanol–water partition coefficient (Wildman–Crippen LogP) is 10.7. The molecule has 1 aliphatic rings.